The fourth-order valence-corrected chi connectivity index (χ4v) is 3.98. The minimum absolute atomic E-state index is 0.0160. The molecule has 0 saturated carbocycles. The van der Waals surface area contributed by atoms with E-state index >= 15 is 0 Å². The van der Waals surface area contributed by atoms with Gasteiger partial charge in [-0.15, -0.1) is 0 Å². The van der Waals surface area contributed by atoms with Crippen LogP contribution in [0.25, 0.3) is 0 Å². The Hall–Kier alpha value is -2.10. The van der Waals surface area contributed by atoms with Crippen LogP contribution >= 0.6 is 15.9 Å². The molecule has 28 heavy (non-hydrogen) atoms. The normalized spacial score (nSPS) is 11.4. The third-order valence-corrected chi connectivity index (χ3v) is 6.30. The van der Waals surface area contributed by atoms with Gasteiger partial charge in [0.2, 0.25) is 10.0 Å². The number of amides is 1. The summed E-state index contributed by atoms with van der Waals surface area (Å²) in [6.45, 7) is 2.50. The number of carbonyl (C=O) groups excluding carboxylic acids is 1. The number of anilines is 1. The molecular formula is C19H23BrN2O5S. The number of nitrogens with one attached hydrogen (secondary N) is 1. The summed E-state index contributed by atoms with van der Waals surface area (Å²) < 4.78 is 37.7. The number of methoxy groups -OCH3 is 1. The summed E-state index contributed by atoms with van der Waals surface area (Å²) in [7, 11) is 0.650. The summed E-state index contributed by atoms with van der Waals surface area (Å²) in [5, 5.41) is 2.67. The van der Waals surface area contributed by atoms with Crippen molar-refractivity contribution in [2.24, 2.45) is 0 Å². The summed E-state index contributed by atoms with van der Waals surface area (Å²) in [6, 6.07) is 9.40. The van der Waals surface area contributed by atoms with Gasteiger partial charge in [-0.05, 0) is 46.6 Å². The minimum atomic E-state index is -3.71. The van der Waals surface area contributed by atoms with Gasteiger partial charge in [0.25, 0.3) is 5.91 Å². The molecule has 1 amide bonds. The van der Waals surface area contributed by atoms with Crippen LogP contribution in [0.3, 0.4) is 0 Å². The topological polar surface area (TPSA) is 84.9 Å². The minimum Gasteiger partial charge on any atom is -0.493 e. The van der Waals surface area contributed by atoms with E-state index in [4.69, 9.17) is 9.47 Å². The van der Waals surface area contributed by atoms with Gasteiger partial charge in [-0.25, -0.2) is 12.7 Å². The highest BCUT2D eigenvalue weighted by atomic mass is 79.9. The van der Waals surface area contributed by atoms with Crippen molar-refractivity contribution in [3.63, 3.8) is 0 Å². The monoisotopic (exact) mass is 470 g/mol. The number of benzene rings is 2. The first-order chi connectivity index (χ1) is 13.2. The number of hydrogen-bond acceptors (Lipinski definition) is 5. The molecule has 0 heterocycles. The van der Waals surface area contributed by atoms with Crippen LogP contribution in [0.1, 0.15) is 23.7 Å². The van der Waals surface area contributed by atoms with E-state index in [0.29, 0.717) is 28.1 Å². The molecule has 7 nitrogen and oxygen atoms in total. The lowest BCUT2D eigenvalue weighted by atomic mass is 10.1. The first kappa shape index (κ1) is 22.2. The van der Waals surface area contributed by atoms with Gasteiger partial charge in [-0.3, -0.25) is 4.79 Å². The molecule has 0 unspecified atom stereocenters. The number of ether oxygens (including phenoxy) is 2. The SMILES string of the molecule is CCCOc1c(Br)cc(C(=O)Nc2ccccc2S(=O)(=O)N(C)C)cc1OC. The number of hydrogen-bond donors (Lipinski definition) is 1. The van der Waals surface area contributed by atoms with Gasteiger partial charge in [-0.1, -0.05) is 19.1 Å². The molecule has 0 aromatic heterocycles. The predicted octanol–water partition coefficient (Wildman–Crippen LogP) is 3.75. The maximum atomic E-state index is 12.8. The second kappa shape index (κ2) is 9.40. The van der Waals surface area contributed by atoms with E-state index in [1.165, 1.54) is 27.3 Å². The Bertz CT molecular complexity index is 961. The molecule has 2 aromatic rings. The van der Waals surface area contributed by atoms with E-state index in [1.54, 1.807) is 30.3 Å². The third-order valence-electron chi connectivity index (χ3n) is 3.84. The zero-order chi connectivity index (χ0) is 20.9. The van der Waals surface area contributed by atoms with Crippen LogP contribution in [0.15, 0.2) is 45.8 Å². The molecule has 0 spiro atoms. The van der Waals surface area contributed by atoms with Crippen LogP contribution in [0.2, 0.25) is 0 Å². The van der Waals surface area contributed by atoms with Crippen LogP contribution in [0, 0.1) is 0 Å². The van der Waals surface area contributed by atoms with Crippen LogP contribution < -0.4 is 14.8 Å². The summed E-state index contributed by atoms with van der Waals surface area (Å²) >= 11 is 3.40. The third kappa shape index (κ3) is 4.84. The molecule has 0 bridgehead atoms. The highest BCUT2D eigenvalue weighted by Crippen LogP contribution is 2.37. The second-order valence-corrected chi connectivity index (χ2v) is 9.05. The number of nitrogens with zero attached hydrogens (tertiary/aromatic N) is 1. The Labute approximate surface area is 173 Å². The molecule has 0 saturated heterocycles. The van der Waals surface area contributed by atoms with Gasteiger partial charge in [0.1, 0.15) is 4.90 Å². The highest BCUT2D eigenvalue weighted by molar-refractivity contribution is 9.10. The van der Waals surface area contributed by atoms with Crippen molar-refractivity contribution in [3.8, 4) is 11.5 Å². The summed E-state index contributed by atoms with van der Waals surface area (Å²) in [5.41, 5.74) is 0.493. The largest absolute Gasteiger partial charge is 0.493 e. The molecular weight excluding hydrogens is 448 g/mol. The van der Waals surface area contributed by atoms with E-state index in [1.807, 2.05) is 6.92 Å². The van der Waals surface area contributed by atoms with Crippen LogP contribution in [-0.4, -0.2) is 46.4 Å². The van der Waals surface area contributed by atoms with Crippen molar-refractivity contribution < 1.29 is 22.7 Å². The number of carbonyl (C=O) groups is 1. The van der Waals surface area contributed by atoms with Gasteiger partial charge in [0.15, 0.2) is 11.5 Å². The Kier molecular flexibility index (Phi) is 7.45. The molecule has 0 aliphatic carbocycles. The van der Waals surface area contributed by atoms with E-state index in [9.17, 15) is 13.2 Å². The highest BCUT2D eigenvalue weighted by Gasteiger charge is 2.23. The molecule has 9 heteroatoms. The average molecular weight is 471 g/mol. The lowest BCUT2D eigenvalue weighted by Crippen LogP contribution is -2.24. The number of rotatable bonds is 8. The summed E-state index contributed by atoms with van der Waals surface area (Å²) in [6.07, 6.45) is 0.828. The molecule has 0 aliphatic heterocycles. The Balaban J connectivity index is 2.38. The number of halogens is 1. The van der Waals surface area contributed by atoms with Gasteiger partial charge in [0, 0.05) is 19.7 Å². The molecule has 0 radical (unpaired) electrons. The van der Waals surface area contributed by atoms with Crippen LogP contribution in [-0.2, 0) is 10.0 Å². The van der Waals surface area contributed by atoms with Gasteiger partial charge < -0.3 is 14.8 Å². The maximum Gasteiger partial charge on any atom is 0.255 e. The van der Waals surface area contributed by atoms with Gasteiger partial charge in [-0.2, -0.15) is 0 Å². The van der Waals surface area contributed by atoms with E-state index in [-0.39, 0.29) is 10.6 Å². The van der Waals surface area contributed by atoms with Crippen molar-refractivity contribution in [2.75, 3.05) is 33.1 Å². The van der Waals surface area contributed by atoms with Crippen LogP contribution in [0.5, 0.6) is 11.5 Å². The Morgan fingerprint density at radius 3 is 2.50 bits per heavy atom. The van der Waals surface area contributed by atoms with Gasteiger partial charge in [0.05, 0.1) is 23.9 Å². The molecule has 152 valence electrons. The fraction of sp³-hybridized carbons (Fsp3) is 0.316. The fourth-order valence-electron chi connectivity index (χ4n) is 2.38. The Morgan fingerprint density at radius 1 is 1.21 bits per heavy atom. The van der Waals surface area contributed by atoms with Crippen molar-refractivity contribution >= 4 is 37.5 Å². The first-order valence-electron chi connectivity index (χ1n) is 8.55. The molecule has 0 aliphatic rings. The summed E-state index contributed by atoms with van der Waals surface area (Å²) in [5.74, 6) is 0.445. The molecule has 0 atom stereocenters. The Morgan fingerprint density at radius 2 is 1.89 bits per heavy atom. The first-order valence-corrected chi connectivity index (χ1v) is 10.8. The van der Waals surface area contributed by atoms with E-state index < -0.39 is 15.9 Å². The van der Waals surface area contributed by atoms with Gasteiger partial charge >= 0.3 is 0 Å². The zero-order valence-electron chi connectivity index (χ0n) is 16.2. The van der Waals surface area contributed by atoms with Crippen LogP contribution in [0.4, 0.5) is 5.69 Å². The van der Waals surface area contributed by atoms with Crippen molar-refractivity contribution in [2.45, 2.75) is 18.2 Å². The molecule has 2 aromatic carbocycles. The second-order valence-electron chi connectivity index (χ2n) is 6.08. The smallest absolute Gasteiger partial charge is 0.255 e. The lowest BCUT2D eigenvalue weighted by Gasteiger charge is -2.16. The standard InChI is InChI=1S/C19H23BrN2O5S/c1-5-10-27-18-14(20)11-13(12-16(18)26-4)19(23)21-15-8-6-7-9-17(15)28(24,25)22(2)3/h6-9,11-12H,5,10H2,1-4H3,(H,21,23). The van der Waals surface area contributed by atoms with Crippen molar-refractivity contribution in [1.82, 2.24) is 4.31 Å². The number of sulfonamides is 1. The quantitative estimate of drug-likeness (QED) is 0.634. The van der Waals surface area contributed by atoms with Crippen molar-refractivity contribution in [3.05, 3.63) is 46.4 Å². The number of para-hydroxylation sites is 1. The van der Waals surface area contributed by atoms with Crippen molar-refractivity contribution in [1.29, 1.82) is 0 Å². The predicted molar refractivity (Wildman–Crippen MR) is 112 cm³/mol. The average Bonchev–Trinajstić information content (AvgIpc) is 2.66. The molecule has 0 fully saturated rings. The van der Waals surface area contributed by atoms with E-state index in [0.717, 1.165) is 10.7 Å². The lowest BCUT2D eigenvalue weighted by molar-refractivity contribution is 0.102. The zero-order valence-corrected chi connectivity index (χ0v) is 18.6. The molecule has 2 rings (SSSR count). The van der Waals surface area contributed by atoms with E-state index in [2.05, 4.69) is 21.2 Å². The molecule has 1 N–H and O–H groups in total. The maximum absolute atomic E-state index is 12.8. The summed E-state index contributed by atoms with van der Waals surface area (Å²) in [4.78, 5) is 12.8.